The number of aromatic amines is 1. The number of aromatic nitrogens is 2. The topological polar surface area (TPSA) is 82.6 Å². The van der Waals surface area contributed by atoms with E-state index in [1.165, 1.54) is 12.8 Å². The molecule has 1 aromatic heterocycles. The maximum Gasteiger partial charge on any atom is 0.289 e. The van der Waals surface area contributed by atoms with Crippen molar-refractivity contribution in [3.63, 3.8) is 0 Å². The number of rotatable bonds is 10. The Bertz CT molecular complexity index is 992. The first kappa shape index (κ1) is 22.1. The van der Waals surface area contributed by atoms with Gasteiger partial charge in [0.2, 0.25) is 0 Å². The van der Waals surface area contributed by atoms with Crippen LogP contribution in [0.1, 0.15) is 42.2 Å². The van der Waals surface area contributed by atoms with Crippen LogP contribution in [0.4, 0.5) is 5.69 Å². The van der Waals surface area contributed by atoms with E-state index in [-0.39, 0.29) is 5.91 Å². The van der Waals surface area contributed by atoms with Crippen molar-refractivity contribution in [1.82, 2.24) is 15.6 Å². The maximum atomic E-state index is 12.3. The van der Waals surface area contributed by atoms with Crippen molar-refractivity contribution in [2.45, 2.75) is 26.2 Å². The van der Waals surface area contributed by atoms with E-state index < -0.39 is 0 Å². The molecule has 0 unspecified atom stereocenters. The molecule has 0 saturated carbocycles. The van der Waals surface area contributed by atoms with Gasteiger partial charge in [-0.1, -0.05) is 31.9 Å². The predicted octanol–water partition coefficient (Wildman–Crippen LogP) is 4.48. The molecule has 0 aliphatic rings. The number of hydrogen-bond acceptors (Lipinski definition) is 5. The quantitative estimate of drug-likeness (QED) is 0.288. The number of anilines is 1. The van der Waals surface area contributed by atoms with Crippen LogP contribution in [0.25, 0.3) is 11.3 Å². The number of ether oxygens (including phenoxy) is 1. The van der Waals surface area contributed by atoms with Crippen molar-refractivity contribution in [1.29, 1.82) is 0 Å². The van der Waals surface area contributed by atoms with E-state index in [2.05, 4.69) is 27.6 Å². The number of amides is 1. The summed E-state index contributed by atoms with van der Waals surface area (Å²) >= 11 is 0. The molecule has 7 nitrogen and oxygen atoms in total. The average molecular weight is 420 g/mol. The molecule has 0 atom stereocenters. The van der Waals surface area contributed by atoms with Gasteiger partial charge in [-0.3, -0.25) is 9.89 Å². The molecule has 7 heteroatoms. The van der Waals surface area contributed by atoms with Crippen LogP contribution in [0.15, 0.2) is 59.7 Å². The van der Waals surface area contributed by atoms with Gasteiger partial charge in [-0.05, 0) is 54.4 Å². The van der Waals surface area contributed by atoms with E-state index in [0.29, 0.717) is 11.4 Å². The molecule has 2 aromatic carbocycles. The van der Waals surface area contributed by atoms with E-state index in [1.54, 1.807) is 12.3 Å². The van der Waals surface area contributed by atoms with Crippen molar-refractivity contribution in [3.05, 3.63) is 65.9 Å². The van der Waals surface area contributed by atoms with Crippen molar-refractivity contribution in [3.8, 4) is 17.0 Å². The fourth-order valence-electron chi connectivity index (χ4n) is 2.93. The van der Waals surface area contributed by atoms with E-state index in [1.807, 2.05) is 67.5 Å². The van der Waals surface area contributed by atoms with E-state index in [4.69, 9.17) is 4.74 Å². The molecule has 0 aliphatic carbocycles. The lowest BCUT2D eigenvalue weighted by molar-refractivity contribution is 0.0950. The molecule has 0 radical (unpaired) electrons. The van der Waals surface area contributed by atoms with Crippen LogP contribution >= 0.6 is 0 Å². The SMILES string of the molecule is CCCCCOc1ccc(-c2cc(C(=O)N/N=C/c3ccc(N(C)C)cc3)[nH]n2)cc1. The second-order valence-electron chi connectivity index (χ2n) is 7.43. The number of hydrazone groups is 1. The summed E-state index contributed by atoms with van der Waals surface area (Å²) in [6.07, 6.45) is 5.00. The molecule has 162 valence electrons. The van der Waals surface area contributed by atoms with Crippen LogP contribution in [0.2, 0.25) is 0 Å². The predicted molar refractivity (Wildman–Crippen MR) is 125 cm³/mol. The number of carbonyl (C=O) groups excluding carboxylic acids is 1. The average Bonchev–Trinajstić information content (AvgIpc) is 3.28. The third-order valence-corrected chi connectivity index (χ3v) is 4.78. The third kappa shape index (κ3) is 6.44. The second kappa shape index (κ2) is 11.0. The van der Waals surface area contributed by atoms with Gasteiger partial charge >= 0.3 is 0 Å². The van der Waals surface area contributed by atoms with Crippen molar-refractivity contribution in [2.24, 2.45) is 5.10 Å². The van der Waals surface area contributed by atoms with Crippen LogP contribution < -0.4 is 15.1 Å². The lowest BCUT2D eigenvalue weighted by Gasteiger charge is -2.11. The number of benzene rings is 2. The molecular weight excluding hydrogens is 390 g/mol. The Kier molecular flexibility index (Phi) is 7.81. The minimum absolute atomic E-state index is 0.343. The number of unbranched alkanes of at least 4 members (excludes halogenated alkanes) is 2. The molecule has 0 saturated heterocycles. The van der Waals surface area contributed by atoms with Gasteiger partial charge in [0.25, 0.3) is 5.91 Å². The highest BCUT2D eigenvalue weighted by Gasteiger charge is 2.10. The minimum Gasteiger partial charge on any atom is -0.494 e. The molecule has 0 aliphatic heterocycles. The zero-order chi connectivity index (χ0) is 22.1. The van der Waals surface area contributed by atoms with Gasteiger partial charge in [0.05, 0.1) is 18.5 Å². The summed E-state index contributed by atoms with van der Waals surface area (Å²) in [4.78, 5) is 14.3. The van der Waals surface area contributed by atoms with Gasteiger partial charge in [-0.25, -0.2) is 5.43 Å². The largest absolute Gasteiger partial charge is 0.494 e. The molecule has 1 heterocycles. The fraction of sp³-hybridized carbons (Fsp3) is 0.292. The zero-order valence-electron chi connectivity index (χ0n) is 18.3. The van der Waals surface area contributed by atoms with Gasteiger partial charge < -0.3 is 9.64 Å². The Morgan fingerprint density at radius 3 is 2.55 bits per heavy atom. The Hall–Kier alpha value is -3.61. The lowest BCUT2D eigenvalue weighted by Crippen LogP contribution is -2.18. The smallest absolute Gasteiger partial charge is 0.289 e. The molecule has 2 N–H and O–H groups in total. The van der Waals surface area contributed by atoms with Gasteiger partial charge in [0, 0.05) is 25.3 Å². The minimum atomic E-state index is -0.351. The van der Waals surface area contributed by atoms with E-state index in [0.717, 1.165) is 35.6 Å². The van der Waals surface area contributed by atoms with Crippen molar-refractivity contribution in [2.75, 3.05) is 25.6 Å². The summed E-state index contributed by atoms with van der Waals surface area (Å²) in [7, 11) is 3.97. The molecule has 31 heavy (non-hydrogen) atoms. The summed E-state index contributed by atoms with van der Waals surface area (Å²) in [6, 6.07) is 17.3. The number of nitrogens with zero attached hydrogens (tertiary/aromatic N) is 3. The summed E-state index contributed by atoms with van der Waals surface area (Å²) in [5.74, 6) is 0.483. The molecule has 3 rings (SSSR count). The normalized spacial score (nSPS) is 10.9. The molecule has 0 bridgehead atoms. The first-order valence-electron chi connectivity index (χ1n) is 10.5. The van der Waals surface area contributed by atoms with E-state index in [9.17, 15) is 4.79 Å². The number of H-pyrrole nitrogens is 1. The monoisotopic (exact) mass is 419 g/mol. The van der Waals surface area contributed by atoms with Crippen molar-refractivity contribution < 1.29 is 9.53 Å². The Labute approximate surface area is 183 Å². The highest BCUT2D eigenvalue weighted by atomic mass is 16.5. The Morgan fingerprint density at radius 2 is 1.87 bits per heavy atom. The van der Waals surface area contributed by atoms with Gasteiger partial charge in [0.15, 0.2) is 0 Å². The Balaban J connectivity index is 1.54. The van der Waals surface area contributed by atoms with Crippen molar-refractivity contribution >= 4 is 17.8 Å². The standard InChI is InChI=1S/C24H29N5O2/c1-4-5-6-15-31-21-13-9-19(10-14-21)22-16-23(27-26-22)24(30)28-25-17-18-7-11-20(12-8-18)29(2)3/h7-14,16-17H,4-6,15H2,1-3H3,(H,26,27)(H,28,30)/b25-17+. The third-order valence-electron chi connectivity index (χ3n) is 4.78. The van der Waals surface area contributed by atoms with Crippen LogP contribution in [-0.4, -0.2) is 43.0 Å². The summed E-state index contributed by atoms with van der Waals surface area (Å²) in [5, 5.41) is 11.0. The number of carbonyl (C=O) groups is 1. The van der Waals surface area contributed by atoms with E-state index >= 15 is 0 Å². The number of hydrogen-bond donors (Lipinski definition) is 2. The van der Waals surface area contributed by atoms with Crippen LogP contribution in [0.3, 0.4) is 0 Å². The second-order valence-corrected chi connectivity index (χ2v) is 7.43. The molecule has 3 aromatic rings. The zero-order valence-corrected chi connectivity index (χ0v) is 18.3. The maximum absolute atomic E-state index is 12.3. The molecular formula is C24H29N5O2. The highest BCUT2D eigenvalue weighted by molar-refractivity contribution is 5.94. The van der Waals surface area contributed by atoms with Gasteiger partial charge in [-0.15, -0.1) is 0 Å². The van der Waals surface area contributed by atoms with Crippen LogP contribution in [0, 0.1) is 0 Å². The first-order chi connectivity index (χ1) is 15.1. The first-order valence-corrected chi connectivity index (χ1v) is 10.5. The van der Waals surface area contributed by atoms with Crippen LogP contribution in [-0.2, 0) is 0 Å². The summed E-state index contributed by atoms with van der Waals surface area (Å²) < 4.78 is 5.73. The summed E-state index contributed by atoms with van der Waals surface area (Å²) in [5.41, 5.74) is 6.45. The summed E-state index contributed by atoms with van der Waals surface area (Å²) in [6.45, 7) is 2.89. The molecule has 0 spiro atoms. The van der Waals surface area contributed by atoms with Gasteiger partial charge in [-0.2, -0.15) is 10.2 Å². The molecule has 0 fully saturated rings. The lowest BCUT2D eigenvalue weighted by atomic mass is 10.1. The van der Waals surface area contributed by atoms with Crippen LogP contribution in [0.5, 0.6) is 5.75 Å². The highest BCUT2D eigenvalue weighted by Crippen LogP contribution is 2.21. The fourth-order valence-corrected chi connectivity index (χ4v) is 2.93. The van der Waals surface area contributed by atoms with Gasteiger partial charge in [0.1, 0.15) is 11.4 Å². The molecule has 1 amide bonds. The Morgan fingerprint density at radius 1 is 1.13 bits per heavy atom. The number of nitrogens with one attached hydrogen (secondary N) is 2.